The average Bonchev–Trinajstić information content (AvgIpc) is 3.19. The van der Waals surface area contributed by atoms with E-state index in [0.717, 1.165) is 24.9 Å². The summed E-state index contributed by atoms with van der Waals surface area (Å²) in [6.45, 7) is 6.44. The lowest BCUT2D eigenvalue weighted by Crippen LogP contribution is -2.51. The third-order valence-corrected chi connectivity index (χ3v) is 5.25. The number of rotatable bonds is 8. The SMILES string of the molecule is CCC(C)(C)C(=O)C(=O)N(CCCc1ccccc1)C(=O)[C@@H]1CCCN1. The highest BCUT2D eigenvalue weighted by molar-refractivity contribution is 6.40. The number of carbonyl (C=O) groups is 3. The third kappa shape index (κ3) is 5.01. The van der Waals surface area contributed by atoms with Crippen molar-refractivity contribution in [2.45, 2.75) is 58.9 Å². The van der Waals surface area contributed by atoms with E-state index in [1.54, 1.807) is 13.8 Å². The van der Waals surface area contributed by atoms with Crippen LogP contribution in [0.5, 0.6) is 0 Å². The Bertz CT molecular complexity index is 634. The Morgan fingerprint density at radius 2 is 1.88 bits per heavy atom. The molecule has 0 saturated carbocycles. The minimum absolute atomic E-state index is 0.263. The molecule has 2 rings (SSSR count). The zero-order valence-corrected chi connectivity index (χ0v) is 16.1. The predicted molar refractivity (Wildman–Crippen MR) is 102 cm³/mol. The molecule has 1 saturated heterocycles. The molecule has 1 N–H and O–H groups in total. The Hall–Kier alpha value is -2.01. The van der Waals surface area contributed by atoms with Crippen molar-refractivity contribution in [3.05, 3.63) is 35.9 Å². The second-order valence-corrected chi connectivity index (χ2v) is 7.60. The molecule has 0 spiro atoms. The van der Waals surface area contributed by atoms with Crippen molar-refractivity contribution in [3.8, 4) is 0 Å². The third-order valence-electron chi connectivity index (χ3n) is 5.25. The number of aryl methyl sites for hydroxylation is 1. The van der Waals surface area contributed by atoms with Crippen LogP contribution in [0.4, 0.5) is 0 Å². The Kier molecular flexibility index (Phi) is 7.09. The van der Waals surface area contributed by atoms with Crippen LogP contribution in [0.1, 0.15) is 52.0 Å². The largest absolute Gasteiger partial charge is 0.306 e. The molecule has 0 radical (unpaired) electrons. The molecular formula is C21H30N2O3. The maximum absolute atomic E-state index is 12.8. The van der Waals surface area contributed by atoms with E-state index < -0.39 is 17.1 Å². The average molecular weight is 358 g/mol. The van der Waals surface area contributed by atoms with Crippen LogP contribution in [-0.2, 0) is 20.8 Å². The first kappa shape index (κ1) is 20.3. The number of nitrogens with zero attached hydrogens (tertiary/aromatic N) is 1. The van der Waals surface area contributed by atoms with Gasteiger partial charge >= 0.3 is 0 Å². The number of nitrogens with one attached hydrogen (secondary N) is 1. The number of imide groups is 1. The molecule has 0 aliphatic carbocycles. The summed E-state index contributed by atoms with van der Waals surface area (Å²) >= 11 is 0. The Morgan fingerprint density at radius 1 is 1.19 bits per heavy atom. The molecular weight excluding hydrogens is 328 g/mol. The van der Waals surface area contributed by atoms with Crippen molar-refractivity contribution in [2.75, 3.05) is 13.1 Å². The summed E-state index contributed by atoms with van der Waals surface area (Å²) < 4.78 is 0. The first-order valence-electron chi connectivity index (χ1n) is 9.54. The van der Waals surface area contributed by atoms with Crippen LogP contribution in [-0.4, -0.2) is 41.6 Å². The molecule has 1 aliphatic heterocycles. The maximum Gasteiger partial charge on any atom is 0.297 e. The van der Waals surface area contributed by atoms with Crippen molar-refractivity contribution >= 4 is 17.6 Å². The monoisotopic (exact) mass is 358 g/mol. The molecule has 1 fully saturated rings. The summed E-state index contributed by atoms with van der Waals surface area (Å²) in [5.74, 6) is -1.41. The van der Waals surface area contributed by atoms with Gasteiger partial charge in [-0.3, -0.25) is 19.3 Å². The van der Waals surface area contributed by atoms with E-state index in [4.69, 9.17) is 0 Å². The van der Waals surface area contributed by atoms with Gasteiger partial charge in [-0.1, -0.05) is 51.1 Å². The van der Waals surface area contributed by atoms with Crippen molar-refractivity contribution < 1.29 is 14.4 Å². The minimum atomic E-state index is -0.752. The zero-order valence-electron chi connectivity index (χ0n) is 16.1. The van der Waals surface area contributed by atoms with E-state index in [2.05, 4.69) is 5.32 Å². The number of carbonyl (C=O) groups excluding carboxylic acids is 3. The number of Topliss-reactive ketones (excluding diaryl/α,β-unsaturated/α-hetero) is 1. The van der Waals surface area contributed by atoms with Gasteiger partial charge in [-0.15, -0.1) is 0 Å². The van der Waals surface area contributed by atoms with Gasteiger partial charge in [-0.25, -0.2) is 0 Å². The van der Waals surface area contributed by atoms with Crippen LogP contribution >= 0.6 is 0 Å². The van der Waals surface area contributed by atoms with Crippen molar-refractivity contribution in [1.29, 1.82) is 0 Å². The van der Waals surface area contributed by atoms with Gasteiger partial charge in [0.2, 0.25) is 11.7 Å². The highest BCUT2D eigenvalue weighted by Gasteiger charge is 2.38. The molecule has 1 heterocycles. The van der Waals surface area contributed by atoms with Crippen LogP contribution in [0.2, 0.25) is 0 Å². The topological polar surface area (TPSA) is 66.5 Å². The molecule has 2 amide bonds. The normalized spacial score (nSPS) is 17.1. The summed E-state index contributed by atoms with van der Waals surface area (Å²) in [6, 6.07) is 9.60. The van der Waals surface area contributed by atoms with Gasteiger partial charge in [0.25, 0.3) is 5.91 Å². The Balaban J connectivity index is 2.09. The smallest absolute Gasteiger partial charge is 0.297 e. The molecule has 1 aliphatic rings. The molecule has 1 atom stereocenters. The molecule has 0 bridgehead atoms. The maximum atomic E-state index is 12.8. The zero-order chi connectivity index (χ0) is 19.2. The summed E-state index contributed by atoms with van der Waals surface area (Å²) in [5.41, 5.74) is 0.407. The van der Waals surface area contributed by atoms with Crippen molar-refractivity contribution in [2.24, 2.45) is 5.41 Å². The number of benzene rings is 1. The van der Waals surface area contributed by atoms with Crippen molar-refractivity contribution in [1.82, 2.24) is 10.2 Å². The molecule has 5 nitrogen and oxygen atoms in total. The quantitative estimate of drug-likeness (QED) is 0.726. The number of hydrogen-bond acceptors (Lipinski definition) is 4. The van der Waals surface area contributed by atoms with Crippen molar-refractivity contribution in [3.63, 3.8) is 0 Å². The van der Waals surface area contributed by atoms with Crippen LogP contribution in [0, 0.1) is 5.41 Å². The number of amides is 2. The molecule has 0 aromatic heterocycles. The van der Waals surface area contributed by atoms with Crippen LogP contribution in [0.25, 0.3) is 0 Å². The lowest BCUT2D eigenvalue weighted by atomic mass is 9.84. The van der Waals surface area contributed by atoms with Gasteiger partial charge in [0.1, 0.15) is 0 Å². The molecule has 142 valence electrons. The van der Waals surface area contributed by atoms with Gasteiger partial charge in [0.15, 0.2) is 0 Å². The highest BCUT2D eigenvalue weighted by atomic mass is 16.2. The predicted octanol–water partition coefficient (Wildman–Crippen LogP) is 2.73. The van der Waals surface area contributed by atoms with Gasteiger partial charge in [-0.2, -0.15) is 0 Å². The number of ketones is 1. The highest BCUT2D eigenvalue weighted by Crippen LogP contribution is 2.23. The summed E-state index contributed by atoms with van der Waals surface area (Å²) in [7, 11) is 0. The molecule has 5 heteroatoms. The minimum Gasteiger partial charge on any atom is -0.306 e. The fourth-order valence-electron chi connectivity index (χ4n) is 3.05. The standard InChI is InChI=1S/C21H30N2O3/c1-4-21(2,3)18(24)20(26)23(19(25)17-13-8-14-22-17)15-9-12-16-10-6-5-7-11-16/h5-7,10-11,17,22H,4,8-9,12-15H2,1-3H3/t17-/m0/s1. The van der Waals surface area contributed by atoms with Gasteiger partial charge in [-0.05, 0) is 44.2 Å². The van der Waals surface area contributed by atoms with Crippen LogP contribution in [0.3, 0.4) is 0 Å². The summed E-state index contributed by atoms with van der Waals surface area (Å²) in [4.78, 5) is 39.5. The van der Waals surface area contributed by atoms with Gasteiger partial charge < -0.3 is 5.32 Å². The van der Waals surface area contributed by atoms with E-state index in [1.165, 1.54) is 4.90 Å². The fraction of sp³-hybridized carbons (Fsp3) is 0.571. The molecule has 0 unspecified atom stereocenters. The summed E-state index contributed by atoms with van der Waals surface area (Å²) in [6.07, 6.45) is 3.60. The second kappa shape index (κ2) is 9.08. The lowest BCUT2D eigenvalue weighted by molar-refractivity contribution is -0.155. The van der Waals surface area contributed by atoms with Crippen LogP contribution in [0.15, 0.2) is 30.3 Å². The molecule has 26 heavy (non-hydrogen) atoms. The van der Waals surface area contributed by atoms with E-state index in [-0.39, 0.29) is 18.5 Å². The fourth-order valence-corrected chi connectivity index (χ4v) is 3.05. The Morgan fingerprint density at radius 3 is 2.46 bits per heavy atom. The van der Waals surface area contributed by atoms with E-state index in [1.807, 2.05) is 37.3 Å². The second-order valence-electron chi connectivity index (χ2n) is 7.60. The van der Waals surface area contributed by atoms with Crippen LogP contribution < -0.4 is 5.32 Å². The van der Waals surface area contributed by atoms with E-state index in [0.29, 0.717) is 19.3 Å². The Labute approximate surface area is 156 Å². The molecule has 1 aromatic rings. The number of hydrogen-bond donors (Lipinski definition) is 1. The first-order chi connectivity index (χ1) is 12.4. The summed E-state index contributed by atoms with van der Waals surface area (Å²) in [5, 5.41) is 3.14. The van der Waals surface area contributed by atoms with E-state index >= 15 is 0 Å². The van der Waals surface area contributed by atoms with Gasteiger partial charge in [0.05, 0.1) is 6.04 Å². The first-order valence-corrected chi connectivity index (χ1v) is 9.54. The van der Waals surface area contributed by atoms with Gasteiger partial charge in [0, 0.05) is 12.0 Å². The lowest BCUT2D eigenvalue weighted by Gasteiger charge is -2.27. The van der Waals surface area contributed by atoms with E-state index in [9.17, 15) is 14.4 Å². The molecule has 1 aromatic carbocycles.